The Kier molecular flexibility index (Phi) is 7.68. The van der Waals surface area contributed by atoms with Crippen LogP contribution in [-0.2, 0) is 17.6 Å². The van der Waals surface area contributed by atoms with Gasteiger partial charge in [-0.25, -0.2) is 0 Å². The van der Waals surface area contributed by atoms with Gasteiger partial charge in [0.2, 0.25) is 5.91 Å². The van der Waals surface area contributed by atoms with Crippen LogP contribution >= 0.6 is 24.8 Å². The zero-order chi connectivity index (χ0) is 14.0. The van der Waals surface area contributed by atoms with Gasteiger partial charge in [0.25, 0.3) is 0 Å². The Bertz CT molecular complexity index is 453. The van der Waals surface area contributed by atoms with Crippen LogP contribution in [-0.4, -0.2) is 43.0 Å². The molecule has 0 saturated carbocycles. The average Bonchev–Trinajstić information content (AvgIpc) is 2.75. The second kappa shape index (κ2) is 7.99. The molecule has 1 aromatic carbocycles. The smallest absolute Gasteiger partial charge is 0.236 e. The van der Waals surface area contributed by atoms with Crippen molar-refractivity contribution >= 4 is 30.7 Å². The number of carbonyl (C=O) groups is 1. The Morgan fingerprint density at radius 1 is 1.29 bits per heavy atom. The standard InChI is InChI=1S/C15H23N3O.2ClH/c1-11(16)14(19)17-10-15(18(2)3)8-12-6-4-5-7-13(12)9-15;;/h4-7,11H,8-10,16H2,1-3H3,(H,17,19);2*1H/t11-;;/m1../s1. The van der Waals surface area contributed by atoms with Gasteiger partial charge in [-0.05, 0) is 45.0 Å². The van der Waals surface area contributed by atoms with Crippen molar-refractivity contribution in [2.45, 2.75) is 31.3 Å². The van der Waals surface area contributed by atoms with Gasteiger partial charge in [0.05, 0.1) is 6.04 Å². The predicted octanol–water partition coefficient (Wildman–Crippen LogP) is 1.39. The molecular weight excluding hydrogens is 309 g/mol. The molecule has 0 aliphatic heterocycles. The molecule has 1 aliphatic rings. The molecule has 120 valence electrons. The molecule has 2 rings (SSSR count). The lowest BCUT2D eigenvalue weighted by Crippen LogP contribution is -2.55. The summed E-state index contributed by atoms with van der Waals surface area (Å²) < 4.78 is 0. The van der Waals surface area contributed by atoms with Crippen molar-refractivity contribution in [1.82, 2.24) is 10.2 Å². The van der Waals surface area contributed by atoms with Crippen molar-refractivity contribution in [3.8, 4) is 0 Å². The number of halogens is 2. The molecule has 0 heterocycles. The van der Waals surface area contributed by atoms with Crippen LogP contribution < -0.4 is 11.1 Å². The zero-order valence-corrected chi connectivity index (χ0v) is 14.4. The van der Waals surface area contributed by atoms with Crippen molar-refractivity contribution in [2.24, 2.45) is 5.73 Å². The third-order valence-electron chi connectivity index (χ3n) is 4.11. The number of nitrogens with one attached hydrogen (secondary N) is 1. The van der Waals surface area contributed by atoms with Crippen LogP contribution in [0.3, 0.4) is 0 Å². The number of nitrogens with two attached hydrogens (primary N) is 1. The lowest BCUT2D eigenvalue weighted by Gasteiger charge is -2.36. The number of carbonyl (C=O) groups excluding carboxylic acids is 1. The molecule has 0 aromatic heterocycles. The fourth-order valence-corrected chi connectivity index (χ4v) is 2.69. The Labute approximate surface area is 139 Å². The number of nitrogens with zero attached hydrogens (tertiary/aromatic N) is 1. The quantitative estimate of drug-likeness (QED) is 0.875. The average molecular weight is 334 g/mol. The first-order chi connectivity index (χ1) is 8.94. The second-order valence-corrected chi connectivity index (χ2v) is 5.75. The maximum absolute atomic E-state index is 11.7. The maximum atomic E-state index is 11.7. The highest BCUT2D eigenvalue weighted by Crippen LogP contribution is 2.32. The van der Waals surface area contributed by atoms with E-state index < -0.39 is 6.04 Å². The van der Waals surface area contributed by atoms with Crippen molar-refractivity contribution in [2.75, 3.05) is 20.6 Å². The lowest BCUT2D eigenvalue weighted by molar-refractivity contribution is -0.122. The normalized spacial score (nSPS) is 16.4. The molecular formula is C15H25Cl2N3O. The molecule has 0 spiro atoms. The molecule has 1 aliphatic carbocycles. The highest BCUT2D eigenvalue weighted by molar-refractivity contribution is 5.85. The molecule has 0 fully saturated rings. The van der Waals surface area contributed by atoms with Gasteiger partial charge < -0.3 is 16.0 Å². The summed E-state index contributed by atoms with van der Waals surface area (Å²) in [4.78, 5) is 13.9. The highest BCUT2D eigenvalue weighted by atomic mass is 35.5. The van der Waals surface area contributed by atoms with Gasteiger partial charge in [0.15, 0.2) is 0 Å². The van der Waals surface area contributed by atoms with Crippen LogP contribution in [0, 0.1) is 0 Å². The topological polar surface area (TPSA) is 58.4 Å². The van der Waals surface area contributed by atoms with Gasteiger partial charge >= 0.3 is 0 Å². The fraction of sp³-hybridized carbons (Fsp3) is 0.533. The van der Waals surface area contributed by atoms with Gasteiger partial charge in [-0.3, -0.25) is 4.79 Å². The lowest BCUT2D eigenvalue weighted by atomic mass is 9.94. The molecule has 1 aromatic rings. The van der Waals surface area contributed by atoms with Gasteiger partial charge in [0, 0.05) is 12.1 Å². The molecule has 0 bridgehead atoms. The summed E-state index contributed by atoms with van der Waals surface area (Å²) in [5.41, 5.74) is 8.33. The summed E-state index contributed by atoms with van der Waals surface area (Å²) in [5, 5.41) is 2.98. The molecule has 6 heteroatoms. The van der Waals surface area contributed by atoms with Crippen LogP contribution in [0.1, 0.15) is 18.1 Å². The first-order valence-corrected chi connectivity index (χ1v) is 6.72. The van der Waals surface area contributed by atoms with Crippen molar-refractivity contribution in [3.05, 3.63) is 35.4 Å². The van der Waals surface area contributed by atoms with Crippen LogP contribution in [0.4, 0.5) is 0 Å². The van der Waals surface area contributed by atoms with E-state index in [1.165, 1.54) is 11.1 Å². The molecule has 3 N–H and O–H groups in total. The summed E-state index contributed by atoms with van der Waals surface area (Å²) in [7, 11) is 4.15. The van der Waals surface area contributed by atoms with Gasteiger partial charge in [0.1, 0.15) is 0 Å². The van der Waals surface area contributed by atoms with E-state index in [1.807, 2.05) is 0 Å². The molecule has 21 heavy (non-hydrogen) atoms. The summed E-state index contributed by atoms with van der Waals surface area (Å²) in [6, 6.07) is 8.04. The Hall–Kier alpha value is -0.810. The monoisotopic (exact) mass is 333 g/mol. The predicted molar refractivity (Wildman–Crippen MR) is 91.4 cm³/mol. The molecule has 1 atom stereocenters. The van der Waals surface area contributed by atoms with Crippen molar-refractivity contribution < 1.29 is 4.79 Å². The first kappa shape index (κ1) is 20.2. The van der Waals surface area contributed by atoms with E-state index in [2.05, 4.69) is 48.6 Å². The molecule has 4 nitrogen and oxygen atoms in total. The number of likely N-dealkylation sites (N-methyl/N-ethyl adjacent to an activating group) is 1. The maximum Gasteiger partial charge on any atom is 0.236 e. The first-order valence-electron chi connectivity index (χ1n) is 6.72. The minimum Gasteiger partial charge on any atom is -0.353 e. The number of hydrogen-bond acceptors (Lipinski definition) is 3. The van der Waals surface area contributed by atoms with Gasteiger partial charge in [-0.1, -0.05) is 24.3 Å². The third-order valence-corrected chi connectivity index (χ3v) is 4.11. The van der Waals surface area contributed by atoms with E-state index >= 15 is 0 Å². The van der Waals surface area contributed by atoms with Crippen LogP contribution in [0.15, 0.2) is 24.3 Å². The summed E-state index contributed by atoms with van der Waals surface area (Å²) in [6.07, 6.45) is 1.94. The summed E-state index contributed by atoms with van der Waals surface area (Å²) in [5.74, 6) is -0.0859. The van der Waals surface area contributed by atoms with E-state index in [1.54, 1.807) is 6.92 Å². The van der Waals surface area contributed by atoms with Gasteiger partial charge in [-0.2, -0.15) is 0 Å². The number of rotatable bonds is 4. The molecule has 0 saturated heterocycles. The van der Waals surface area contributed by atoms with E-state index in [0.717, 1.165) is 12.8 Å². The number of benzene rings is 1. The van der Waals surface area contributed by atoms with Crippen LogP contribution in [0.25, 0.3) is 0 Å². The minimum absolute atomic E-state index is 0. The fourth-order valence-electron chi connectivity index (χ4n) is 2.69. The van der Waals surface area contributed by atoms with Crippen LogP contribution in [0.2, 0.25) is 0 Å². The van der Waals surface area contributed by atoms with Crippen LogP contribution in [0.5, 0.6) is 0 Å². The third kappa shape index (κ3) is 4.33. The van der Waals surface area contributed by atoms with Crippen molar-refractivity contribution in [1.29, 1.82) is 0 Å². The summed E-state index contributed by atoms with van der Waals surface area (Å²) >= 11 is 0. The minimum atomic E-state index is -0.456. The highest BCUT2D eigenvalue weighted by Gasteiger charge is 2.39. The largest absolute Gasteiger partial charge is 0.353 e. The SMILES string of the molecule is C[C@@H](N)C(=O)NCC1(N(C)C)Cc2ccccc2C1.Cl.Cl. The van der Waals surface area contributed by atoms with E-state index in [-0.39, 0.29) is 36.3 Å². The summed E-state index contributed by atoms with van der Waals surface area (Å²) in [6.45, 7) is 2.34. The van der Waals surface area contributed by atoms with Gasteiger partial charge in [-0.15, -0.1) is 24.8 Å². The molecule has 0 radical (unpaired) electrons. The molecule has 0 unspecified atom stereocenters. The Morgan fingerprint density at radius 2 is 1.76 bits per heavy atom. The Balaban J connectivity index is 0.00000200. The number of fused-ring (bicyclic) bond motifs is 1. The van der Waals surface area contributed by atoms with E-state index in [4.69, 9.17) is 5.73 Å². The number of hydrogen-bond donors (Lipinski definition) is 2. The zero-order valence-electron chi connectivity index (χ0n) is 12.8. The van der Waals surface area contributed by atoms with Crippen molar-refractivity contribution in [3.63, 3.8) is 0 Å². The van der Waals surface area contributed by atoms with E-state index in [0.29, 0.717) is 6.54 Å². The Morgan fingerprint density at radius 3 is 2.14 bits per heavy atom. The van der Waals surface area contributed by atoms with E-state index in [9.17, 15) is 4.79 Å². The number of amides is 1. The molecule has 1 amide bonds. The second-order valence-electron chi connectivity index (χ2n) is 5.75.